The zero-order valence-electron chi connectivity index (χ0n) is 23.9. The van der Waals surface area contributed by atoms with Crippen molar-refractivity contribution in [2.24, 2.45) is 0 Å². The molecule has 44 heavy (non-hydrogen) atoms. The van der Waals surface area contributed by atoms with Gasteiger partial charge in [-0.3, -0.25) is 13.9 Å². The SMILES string of the molecule is CCC(CC)(c1ccccc1NC(=O)CCc1oc(-n2cnc3ccccc32)nc1-c1ccc(C(F)(F)F)cc1)P(=O)(O)O. The number of rotatable bonds is 10. The second-order valence-electron chi connectivity index (χ2n) is 10.3. The van der Waals surface area contributed by atoms with Gasteiger partial charge in [-0.05, 0) is 48.7 Å². The van der Waals surface area contributed by atoms with E-state index < -0.39 is 30.4 Å². The molecule has 0 radical (unpaired) electrons. The molecule has 5 aromatic rings. The highest BCUT2D eigenvalue weighted by molar-refractivity contribution is 7.53. The van der Waals surface area contributed by atoms with Gasteiger partial charge in [0.2, 0.25) is 5.91 Å². The van der Waals surface area contributed by atoms with Gasteiger partial charge in [0.05, 0.1) is 21.8 Å². The van der Waals surface area contributed by atoms with E-state index in [4.69, 9.17) is 4.42 Å². The van der Waals surface area contributed by atoms with Crippen molar-refractivity contribution in [1.82, 2.24) is 14.5 Å². The van der Waals surface area contributed by atoms with Gasteiger partial charge in [-0.2, -0.15) is 18.2 Å². The Labute approximate surface area is 250 Å². The van der Waals surface area contributed by atoms with Crippen molar-refractivity contribution in [3.05, 3.63) is 96.0 Å². The molecule has 9 nitrogen and oxygen atoms in total. The number of aromatic nitrogens is 3. The lowest BCUT2D eigenvalue weighted by atomic mass is 9.91. The predicted octanol–water partition coefficient (Wildman–Crippen LogP) is 7.46. The third-order valence-electron chi connectivity index (χ3n) is 7.84. The van der Waals surface area contributed by atoms with Crippen molar-refractivity contribution in [2.45, 2.75) is 50.9 Å². The monoisotopic (exact) mass is 626 g/mol. The van der Waals surface area contributed by atoms with Crippen LogP contribution >= 0.6 is 7.60 Å². The van der Waals surface area contributed by atoms with Crippen molar-refractivity contribution >= 4 is 30.2 Å². The van der Waals surface area contributed by atoms with Crippen LogP contribution in [0.4, 0.5) is 18.9 Å². The molecule has 0 saturated carbocycles. The van der Waals surface area contributed by atoms with Crippen LogP contribution in [-0.4, -0.2) is 30.2 Å². The molecule has 0 spiro atoms. The number of aryl methyl sites for hydroxylation is 1. The number of oxazole rings is 1. The van der Waals surface area contributed by atoms with Gasteiger partial charge in [0.15, 0.2) is 0 Å². The van der Waals surface area contributed by atoms with Crippen LogP contribution in [0.2, 0.25) is 0 Å². The Hall–Kier alpha value is -4.25. The van der Waals surface area contributed by atoms with Gasteiger partial charge < -0.3 is 19.5 Å². The number of hydrogen-bond donors (Lipinski definition) is 3. The number of imidazole rings is 1. The van der Waals surface area contributed by atoms with Crippen LogP contribution in [0.15, 0.2) is 83.5 Å². The molecule has 0 atom stereocenters. The maximum absolute atomic E-state index is 13.2. The number of hydrogen-bond acceptors (Lipinski definition) is 5. The normalized spacial score (nSPS) is 12.5. The molecule has 0 aliphatic rings. The maximum atomic E-state index is 13.2. The first-order valence-electron chi connectivity index (χ1n) is 13.9. The van der Waals surface area contributed by atoms with Crippen LogP contribution < -0.4 is 5.32 Å². The fourth-order valence-electron chi connectivity index (χ4n) is 5.40. The minimum Gasteiger partial charge on any atom is -0.427 e. The lowest BCUT2D eigenvalue weighted by Crippen LogP contribution is -2.27. The molecule has 2 aromatic heterocycles. The molecule has 0 saturated heterocycles. The number of nitrogens with zero attached hydrogens (tertiary/aromatic N) is 3. The molecular formula is C31H30F3N4O5P. The zero-order chi connectivity index (χ0) is 31.7. The molecular weight excluding hydrogens is 596 g/mol. The van der Waals surface area contributed by atoms with Crippen molar-refractivity contribution in [3.8, 4) is 17.3 Å². The number of para-hydroxylation sites is 3. The number of benzene rings is 3. The summed E-state index contributed by atoms with van der Waals surface area (Å²) in [5.74, 6) is -0.179. The predicted molar refractivity (Wildman–Crippen MR) is 159 cm³/mol. The maximum Gasteiger partial charge on any atom is 0.416 e. The fourth-order valence-corrected chi connectivity index (χ4v) is 6.74. The third kappa shape index (κ3) is 5.93. The summed E-state index contributed by atoms with van der Waals surface area (Å²) in [6.45, 7) is 3.38. The summed E-state index contributed by atoms with van der Waals surface area (Å²) >= 11 is 0. The van der Waals surface area contributed by atoms with Crippen LogP contribution in [-0.2, 0) is 27.1 Å². The largest absolute Gasteiger partial charge is 0.427 e. The Morgan fingerprint density at radius 1 is 0.977 bits per heavy atom. The van der Waals surface area contributed by atoms with Gasteiger partial charge in [-0.1, -0.05) is 56.3 Å². The van der Waals surface area contributed by atoms with Crippen LogP contribution in [0.1, 0.15) is 50.0 Å². The number of fused-ring (bicyclic) bond motifs is 1. The lowest BCUT2D eigenvalue weighted by molar-refractivity contribution is -0.137. The summed E-state index contributed by atoms with van der Waals surface area (Å²) in [7, 11) is -4.61. The second-order valence-corrected chi connectivity index (χ2v) is 12.3. The zero-order valence-corrected chi connectivity index (χ0v) is 24.8. The van der Waals surface area contributed by atoms with Crippen LogP contribution in [0, 0.1) is 0 Å². The molecule has 0 unspecified atom stereocenters. The van der Waals surface area contributed by atoms with Gasteiger partial charge in [-0.15, -0.1) is 0 Å². The first kappa shape index (κ1) is 31.2. The Morgan fingerprint density at radius 2 is 1.64 bits per heavy atom. The first-order valence-corrected chi connectivity index (χ1v) is 15.5. The van der Waals surface area contributed by atoms with Gasteiger partial charge in [-0.25, -0.2) is 4.98 Å². The van der Waals surface area contributed by atoms with E-state index in [9.17, 15) is 32.3 Å². The highest BCUT2D eigenvalue weighted by Gasteiger charge is 2.46. The van der Waals surface area contributed by atoms with Crippen LogP contribution in [0.3, 0.4) is 0 Å². The molecule has 5 rings (SSSR count). The molecule has 0 bridgehead atoms. The highest BCUT2D eigenvalue weighted by atomic mass is 31.2. The van der Waals surface area contributed by atoms with Gasteiger partial charge in [0, 0.05) is 24.1 Å². The summed E-state index contributed by atoms with van der Waals surface area (Å²) in [5.41, 5.74) is 1.85. The van der Waals surface area contributed by atoms with Crippen molar-refractivity contribution in [1.29, 1.82) is 0 Å². The van der Waals surface area contributed by atoms with E-state index in [1.165, 1.54) is 18.5 Å². The molecule has 13 heteroatoms. The minimum atomic E-state index is -4.61. The number of amides is 1. The topological polar surface area (TPSA) is 130 Å². The molecule has 230 valence electrons. The fraction of sp³-hybridized carbons (Fsp3) is 0.258. The van der Waals surface area contributed by atoms with Crippen LogP contribution in [0.25, 0.3) is 28.3 Å². The van der Waals surface area contributed by atoms with E-state index in [-0.39, 0.29) is 48.8 Å². The molecule has 3 N–H and O–H groups in total. The van der Waals surface area contributed by atoms with Gasteiger partial charge >= 0.3 is 19.8 Å². The van der Waals surface area contributed by atoms with Gasteiger partial charge in [0.25, 0.3) is 0 Å². The van der Waals surface area contributed by atoms with E-state index in [1.807, 2.05) is 24.3 Å². The summed E-state index contributed by atoms with van der Waals surface area (Å²) in [4.78, 5) is 42.6. The number of anilines is 1. The number of halogens is 3. The van der Waals surface area contributed by atoms with E-state index in [0.717, 1.165) is 12.1 Å². The standard InChI is InChI=1S/C31H30F3N4O5P/c1-3-30(4-2,44(40,41)42)22-9-5-6-10-23(22)36-27(39)18-17-26-28(20-13-15-21(16-14-20)31(32,33)34)37-29(43-26)38-19-35-24-11-7-8-12-25(24)38/h5-16,19H,3-4,17-18H2,1-2H3,(H,36,39)(H2,40,41,42). The Morgan fingerprint density at radius 3 is 2.30 bits per heavy atom. The highest BCUT2D eigenvalue weighted by Crippen LogP contribution is 2.62. The summed E-state index contributed by atoms with van der Waals surface area (Å²) < 4.78 is 59.9. The summed E-state index contributed by atoms with van der Waals surface area (Å²) in [5, 5.41) is 1.31. The number of carbonyl (C=O) groups is 1. The second kappa shape index (κ2) is 12.0. The smallest absolute Gasteiger partial charge is 0.416 e. The van der Waals surface area contributed by atoms with E-state index in [2.05, 4.69) is 15.3 Å². The van der Waals surface area contributed by atoms with E-state index >= 15 is 0 Å². The quantitative estimate of drug-likeness (QED) is 0.137. The lowest BCUT2D eigenvalue weighted by Gasteiger charge is -2.34. The average Bonchev–Trinajstić information content (AvgIpc) is 3.61. The first-order chi connectivity index (χ1) is 20.9. The van der Waals surface area contributed by atoms with Crippen molar-refractivity contribution in [2.75, 3.05) is 5.32 Å². The molecule has 0 fully saturated rings. The summed E-state index contributed by atoms with van der Waals surface area (Å²) in [6, 6.07) is 18.4. The van der Waals surface area contributed by atoms with Crippen LogP contribution in [0.5, 0.6) is 0 Å². The molecule has 2 heterocycles. The molecule has 1 amide bonds. The van der Waals surface area contributed by atoms with Crippen molar-refractivity contribution < 1.29 is 36.7 Å². The minimum absolute atomic E-state index is 0.0369. The average molecular weight is 627 g/mol. The molecule has 3 aromatic carbocycles. The Bertz CT molecular complexity index is 1840. The molecule has 0 aliphatic carbocycles. The molecule has 0 aliphatic heterocycles. The Balaban J connectivity index is 1.46. The van der Waals surface area contributed by atoms with E-state index in [0.29, 0.717) is 22.2 Å². The number of alkyl halides is 3. The Kier molecular flexibility index (Phi) is 8.53. The third-order valence-corrected chi connectivity index (χ3v) is 9.83. The number of carbonyl (C=O) groups excluding carboxylic acids is 1. The van der Waals surface area contributed by atoms with Gasteiger partial charge in [0.1, 0.15) is 17.8 Å². The number of nitrogens with one attached hydrogen (secondary N) is 1. The van der Waals surface area contributed by atoms with Crippen molar-refractivity contribution in [3.63, 3.8) is 0 Å². The van der Waals surface area contributed by atoms with E-state index in [1.54, 1.807) is 42.7 Å². The summed E-state index contributed by atoms with van der Waals surface area (Å²) in [6.07, 6.45) is -2.75.